The molecule has 0 aliphatic carbocycles. The quantitative estimate of drug-likeness (QED) is 0.302. The van der Waals surface area contributed by atoms with Crippen LogP contribution in [-0.2, 0) is 4.79 Å². The van der Waals surface area contributed by atoms with E-state index in [4.69, 9.17) is 10.9 Å². The third-order valence-electron chi connectivity index (χ3n) is 3.20. The van der Waals surface area contributed by atoms with Crippen LogP contribution in [0.15, 0.2) is 35.5 Å². The summed E-state index contributed by atoms with van der Waals surface area (Å²) in [4.78, 5) is 14.5. The Morgan fingerprint density at radius 1 is 1.38 bits per heavy atom. The van der Waals surface area contributed by atoms with E-state index in [0.29, 0.717) is 5.56 Å². The van der Waals surface area contributed by atoms with Crippen LogP contribution in [0.3, 0.4) is 0 Å². The van der Waals surface area contributed by atoms with Crippen LogP contribution >= 0.6 is 0 Å². The van der Waals surface area contributed by atoms with Gasteiger partial charge in [0.05, 0.1) is 0 Å². The van der Waals surface area contributed by atoms with Crippen molar-refractivity contribution in [2.75, 3.05) is 20.6 Å². The van der Waals surface area contributed by atoms with Gasteiger partial charge in [0, 0.05) is 6.04 Å². The van der Waals surface area contributed by atoms with Crippen molar-refractivity contribution in [3.05, 3.63) is 35.9 Å². The molecule has 4 N–H and O–H groups in total. The molecule has 0 spiro atoms. The smallest absolute Gasteiger partial charge is 0.235 e. The molecule has 0 heterocycles. The fraction of sp³-hybridized carbons (Fsp3) is 0.467. The van der Waals surface area contributed by atoms with E-state index < -0.39 is 5.92 Å². The van der Waals surface area contributed by atoms with Crippen LogP contribution < -0.4 is 11.1 Å². The van der Waals surface area contributed by atoms with Crippen molar-refractivity contribution in [2.45, 2.75) is 25.3 Å². The van der Waals surface area contributed by atoms with E-state index in [2.05, 4.69) is 15.4 Å². The van der Waals surface area contributed by atoms with Gasteiger partial charge in [-0.2, -0.15) is 0 Å². The fourth-order valence-corrected chi connectivity index (χ4v) is 2.01. The van der Waals surface area contributed by atoms with Crippen LogP contribution in [0, 0.1) is 0 Å². The summed E-state index contributed by atoms with van der Waals surface area (Å²) in [6.07, 6.45) is 0.830. The van der Waals surface area contributed by atoms with Crippen LogP contribution in [0.5, 0.6) is 0 Å². The Hall–Kier alpha value is -2.08. The number of hydrogen-bond donors (Lipinski definition) is 3. The highest BCUT2D eigenvalue weighted by Gasteiger charge is 2.26. The van der Waals surface area contributed by atoms with E-state index in [-0.39, 0.29) is 17.8 Å². The number of nitrogens with zero attached hydrogens (tertiary/aromatic N) is 2. The number of carbonyl (C=O) groups is 1. The highest BCUT2D eigenvalue weighted by molar-refractivity contribution is 6.07. The van der Waals surface area contributed by atoms with Gasteiger partial charge in [-0.05, 0) is 39.5 Å². The van der Waals surface area contributed by atoms with Crippen LogP contribution in [-0.4, -0.2) is 48.5 Å². The van der Waals surface area contributed by atoms with Crippen LogP contribution in [0.1, 0.15) is 24.8 Å². The van der Waals surface area contributed by atoms with Gasteiger partial charge in [0.15, 0.2) is 5.84 Å². The molecule has 0 fully saturated rings. The van der Waals surface area contributed by atoms with E-state index in [1.54, 1.807) is 12.1 Å². The molecule has 0 saturated heterocycles. The molecule has 6 nitrogen and oxygen atoms in total. The highest BCUT2D eigenvalue weighted by atomic mass is 16.4. The number of benzene rings is 1. The zero-order valence-corrected chi connectivity index (χ0v) is 12.8. The number of oxime groups is 1. The molecule has 0 radical (unpaired) electrons. The molecule has 21 heavy (non-hydrogen) atoms. The maximum atomic E-state index is 12.4. The Morgan fingerprint density at radius 2 is 2.00 bits per heavy atom. The van der Waals surface area contributed by atoms with Crippen molar-refractivity contribution in [1.82, 2.24) is 10.2 Å². The average molecular weight is 292 g/mol. The lowest BCUT2D eigenvalue weighted by atomic mass is 9.96. The lowest BCUT2D eigenvalue weighted by Gasteiger charge is -2.21. The molecule has 1 aromatic carbocycles. The van der Waals surface area contributed by atoms with Gasteiger partial charge in [-0.25, -0.2) is 0 Å². The van der Waals surface area contributed by atoms with Gasteiger partial charge in [-0.3, -0.25) is 4.79 Å². The first-order valence-electron chi connectivity index (χ1n) is 6.93. The Bertz CT molecular complexity index is 474. The summed E-state index contributed by atoms with van der Waals surface area (Å²) < 4.78 is 0. The van der Waals surface area contributed by atoms with E-state index in [1.807, 2.05) is 39.2 Å². The SMILES string of the molecule is CC(CCN(C)C)NC(=O)C(C(N)=NO)c1ccccc1. The van der Waals surface area contributed by atoms with Crippen molar-refractivity contribution in [1.29, 1.82) is 0 Å². The summed E-state index contributed by atoms with van der Waals surface area (Å²) in [5, 5.41) is 14.8. The number of amides is 1. The monoisotopic (exact) mass is 292 g/mol. The molecular formula is C15H24N4O2. The summed E-state index contributed by atoms with van der Waals surface area (Å²) in [6.45, 7) is 2.82. The highest BCUT2D eigenvalue weighted by Crippen LogP contribution is 2.16. The largest absolute Gasteiger partial charge is 0.409 e. The Morgan fingerprint density at radius 3 is 2.52 bits per heavy atom. The molecule has 1 rings (SSSR count). The second kappa shape index (κ2) is 8.26. The Labute approximate surface area is 125 Å². The van der Waals surface area contributed by atoms with Crippen LogP contribution in [0.2, 0.25) is 0 Å². The van der Waals surface area contributed by atoms with E-state index >= 15 is 0 Å². The molecular weight excluding hydrogens is 268 g/mol. The number of amidine groups is 1. The molecule has 0 saturated carbocycles. The number of nitrogens with one attached hydrogen (secondary N) is 1. The summed E-state index contributed by atoms with van der Waals surface area (Å²) in [5.41, 5.74) is 6.38. The lowest BCUT2D eigenvalue weighted by molar-refractivity contribution is -0.121. The molecule has 2 atom stereocenters. The second-order valence-electron chi connectivity index (χ2n) is 5.37. The van der Waals surface area contributed by atoms with Gasteiger partial charge in [-0.1, -0.05) is 35.5 Å². The van der Waals surface area contributed by atoms with Gasteiger partial charge >= 0.3 is 0 Å². The number of nitrogens with two attached hydrogens (primary N) is 1. The molecule has 0 aliphatic heterocycles. The molecule has 116 valence electrons. The normalized spacial score (nSPS) is 14.8. The molecule has 0 aromatic heterocycles. The minimum Gasteiger partial charge on any atom is -0.409 e. The molecule has 1 aromatic rings. The third kappa shape index (κ3) is 5.43. The molecule has 1 amide bonds. The number of rotatable bonds is 7. The van der Waals surface area contributed by atoms with Gasteiger partial charge in [0.1, 0.15) is 5.92 Å². The van der Waals surface area contributed by atoms with E-state index in [1.165, 1.54) is 0 Å². The fourth-order valence-electron chi connectivity index (χ4n) is 2.01. The van der Waals surface area contributed by atoms with Crippen molar-refractivity contribution in [3.8, 4) is 0 Å². The Kier molecular flexibility index (Phi) is 6.68. The first-order valence-corrected chi connectivity index (χ1v) is 6.93. The van der Waals surface area contributed by atoms with Crippen LogP contribution in [0.4, 0.5) is 0 Å². The minimum atomic E-state index is -0.780. The lowest BCUT2D eigenvalue weighted by Crippen LogP contribution is -2.42. The molecule has 0 aliphatic rings. The van der Waals surface area contributed by atoms with Crippen LogP contribution in [0.25, 0.3) is 0 Å². The maximum Gasteiger partial charge on any atom is 0.235 e. The Balaban J connectivity index is 2.78. The second-order valence-corrected chi connectivity index (χ2v) is 5.37. The van der Waals surface area contributed by atoms with Gasteiger partial charge < -0.3 is 21.2 Å². The third-order valence-corrected chi connectivity index (χ3v) is 3.20. The number of carbonyl (C=O) groups excluding carboxylic acids is 1. The van der Waals surface area contributed by atoms with Crippen molar-refractivity contribution in [2.24, 2.45) is 10.9 Å². The van der Waals surface area contributed by atoms with E-state index in [9.17, 15) is 4.79 Å². The predicted molar refractivity (Wildman–Crippen MR) is 83.4 cm³/mol. The first kappa shape index (κ1) is 17.0. The van der Waals surface area contributed by atoms with Crippen molar-refractivity contribution < 1.29 is 10.0 Å². The molecule has 6 heteroatoms. The van der Waals surface area contributed by atoms with E-state index in [0.717, 1.165) is 13.0 Å². The van der Waals surface area contributed by atoms with Gasteiger partial charge in [-0.15, -0.1) is 0 Å². The topological polar surface area (TPSA) is 91.0 Å². The summed E-state index contributed by atoms with van der Waals surface area (Å²) in [5.74, 6) is -1.15. The van der Waals surface area contributed by atoms with Gasteiger partial charge in [0.2, 0.25) is 5.91 Å². The summed E-state index contributed by atoms with van der Waals surface area (Å²) >= 11 is 0. The maximum absolute atomic E-state index is 12.4. The number of hydrogen-bond acceptors (Lipinski definition) is 4. The zero-order valence-electron chi connectivity index (χ0n) is 12.8. The van der Waals surface area contributed by atoms with Crippen molar-refractivity contribution >= 4 is 11.7 Å². The average Bonchev–Trinajstić information content (AvgIpc) is 2.46. The zero-order chi connectivity index (χ0) is 15.8. The molecule has 2 unspecified atom stereocenters. The van der Waals surface area contributed by atoms with Crippen molar-refractivity contribution in [3.63, 3.8) is 0 Å². The van der Waals surface area contributed by atoms with Gasteiger partial charge in [0.25, 0.3) is 0 Å². The first-order chi connectivity index (χ1) is 9.95. The molecule has 0 bridgehead atoms. The predicted octanol–water partition coefficient (Wildman–Crippen LogP) is 0.973. The standard InChI is InChI=1S/C15H24N4O2/c1-11(9-10-19(2)3)17-15(20)13(14(16)18-21)12-7-5-4-6-8-12/h4-8,11,13,21H,9-10H2,1-3H3,(H2,16,18)(H,17,20). The summed E-state index contributed by atoms with van der Waals surface area (Å²) in [7, 11) is 3.97. The minimum absolute atomic E-state index is 0.0117. The summed E-state index contributed by atoms with van der Waals surface area (Å²) in [6, 6.07) is 9.06.